The van der Waals surface area contributed by atoms with Gasteiger partial charge in [-0.2, -0.15) is 5.10 Å². The first-order chi connectivity index (χ1) is 12.4. The fourth-order valence-corrected chi connectivity index (χ4v) is 3.80. The van der Waals surface area contributed by atoms with Gasteiger partial charge in [0.2, 0.25) is 0 Å². The summed E-state index contributed by atoms with van der Waals surface area (Å²) < 4.78 is 1.27. The van der Waals surface area contributed by atoms with E-state index in [2.05, 4.69) is 15.5 Å². The van der Waals surface area contributed by atoms with Crippen LogP contribution in [0.4, 0.5) is 0 Å². The smallest absolute Gasteiger partial charge is 0.262 e. The number of halogens is 2. The lowest BCUT2D eigenvalue weighted by Gasteiger charge is -2.04. The molecular weight excluding hydrogens is 395 g/mol. The molecule has 0 radical (unpaired) electrons. The van der Waals surface area contributed by atoms with Gasteiger partial charge < -0.3 is 0 Å². The van der Waals surface area contributed by atoms with Crippen molar-refractivity contribution in [3.05, 3.63) is 60.9 Å². The van der Waals surface area contributed by atoms with Gasteiger partial charge in [-0.15, -0.1) is 11.3 Å². The molecule has 0 aliphatic carbocycles. The molecule has 1 amide bonds. The van der Waals surface area contributed by atoms with E-state index in [1.807, 2.05) is 13.8 Å². The predicted octanol–water partition coefficient (Wildman–Crippen LogP) is 3.53. The van der Waals surface area contributed by atoms with Crippen LogP contribution in [-0.4, -0.2) is 21.7 Å². The van der Waals surface area contributed by atoms with Gasteiger partial charge in [0, 0.05) is 15.5 Å². The molecule has 0 bridgehead atoms. The van der Waals surface area contributed by atoms with E-state index >= 15 is 0 Å². The minimum atomic E-state index is -0.445. The summed E-state index contributed by atoms with van der Waals surface area (Å²) in [5.74, 6) is -0.445. The monoisotopic (exact) mass is 408 g/mol. The van der Waals surface area contributed by atoms with Gasteiger partial charge >= 0.3 is 0 Å². The normalized spacial score (nSPS) is 11.4. The number of carbonyl (C=O) groups excluding carboxylic acids is 1. The van der Waals surface area contributed by atoms with Crippen molar-refractivity contribution in [1.82, 2.24) is 15.0 Å². The van der Waals surface area contributed by atoms with Crippen LogP contribution in [0, 0.1) is 13.8 Å². The molecule has 0 saturated heterocycles. The zero-order valence-electron chi connectivity index (χ0n) is 13.9. The summed E-state index contributed by atoms with van der Waals surface area (Å²) in [5.41, 5.74) is 3.64. The summed E-state index contributed by atoms with van der Waals surface area (Å²) >= 11 is 13.3. The number of rotatable bonds is 4. The number of nitrogens with zero attached hydrogens (tertiary/aromatic N) is 3. The van der Waals surface area contributed by atoms with Crippen molar-refractivity contribution in [3.8, 4) is 0 Å². The summed E-state index contributed by atoms with van der Waals surface area (Å²) in [6.07, 6.45) is 2.78. The fraction of sp³-hybridized carbons (Fsp3) is 0.176. The standard InChI is InChI=1S/C17H14Cl2N4O2S/c1-9-10(2)26-16-15(9)17(25)23(8-20-16)7-14(24)22-21-6-11-3-4-12(18)5-13(11)19/h3-6,8H,7H2,1-2H3,(H,22,24). The predicted molar refractivity (Wildman–Crippen MR) is 106 cm³/mol. The van der Waals surface area contributed by atoms with E-state index in [1.165, 1.54) is 28.4 Å². The molecule has 3 aromatic rings. The lowest BCUT2D eigenvalue weighted by atomic mass is 10.2. The van der Waals surface area contributed by atoms with Crippen LogP contribution >= 0.6 is 34.5 Å². The molecule has 0 saturated carbocycles. The number of aromatic nitrogens is 2. The first-order valence-corrected chi connectivity index (χ1v) is 9.16. The summed E-state index contributed by atoms with van der Waals surface area (Å²) in [5, 5.41) is 5.34. The summed E-state index contributed by atoms with van der Waals surface area (Å²) in [4.78, 5) is 30.6. The number of hydrogen-bond acceptors (Lipinski definition) is 5. The summed E-state index contributed by atoms with van der Waals surface area (Å²) in [6, 6.07) is 4.94. The second-order valence-electron chi connectivity index (χ2n) is 5.60. The Morgan fingerprint density at radius 2 is 2.15 bits per heavy atom. The maximum Gasteiger partial charge on any atom is 0.262 e. The van der Waals surface area contributed by atoms with E-state index in [-0.39, 0.29) is 12.1 Å². The quantitative estimate of drug-likeness (QED) is 0.529. The van der Waals surface area contributed by atoms with Crippen molar-refractivity contribution in [2.24, 2.45) is 5.10 Å². The number of aryl methyl sites for hydroxylation is 2. The lowest BCUT2D eigenvalue weighted by Crippen LogP contribution is -2.30. The van der Waals surface area contributed by atoms with Gasteiger partial charge in [0.05, 0.1) is 23.0 Å². The van der Waals surface area contributed by atoms with E-state index in [1.54, 1.807) is 18.2 Å². The van der Waals surface area contributed by atoms with Crippen molar-refractivity contribution >= 4 is 56.9 Å². The van der Waals surface area contributed by atoms with E-state index in [4.69, 9.17) is 23.2 Å². The van der Waals surface area contributed by atoms with Crippen LogP contribution in [0.15, 0.2) is 34.4 Å². The molecule has 2 heterocycles. The molecule has 9 heteroatoms. The van der Waals surface area contributed by atoms with Gasteiger partial charge in [-0.1, -0.05) is 29.3 Å². The van der Waals surface area contributed by atoms with Crippen molar-refractivity contribution in [2.75, 3.05) is 0 Å². The Morgan fingerprint density at radius 3 is 2.88 bits per heavy atom. The third-order valence-corrected chi connectivity index (χ3v) is 5.50. The van der Waals surface area contributed by atoms with Crippen LogP contribution in [0.1, 0.15) is 16.0 Å². The molecule has 1 N–H and O–H groups in total. The van der Waals surface area contributed by atoms with Crippen molar-refractivity contribution < 1.29 is 4.79 Å². The van der Waals surface area contributed by atoms with Crippen LogP contribution < -0.4 is 11.0 Å². The molecule has 0 spiro atoms. The molecule has 3 rings (SSSR count). The van der Waals surface area contributed by atoms with Crippen LogP contribution in [0.5, 0.6) is 0 Å². The zero-order valence-corrected chi connectivity index (χ0v) is 16.2. The number of fused-ring (bicyclic) bond motifs is 1. The Bertz CT molecular complexity index is 1090. The third kappa shape index (κ3) is 3.80. The number of nitrogens with one attached hydrogen (secondary N) is 1. The van der Waals surface area contributed by atoms with Gasteiger partial charge in [-0.25, -0.2) is 10.4 Å². The minimum absolute atomic E-state index is 0.179. The fourth-order valence-electron chi connectivity index (χ4n) is 2.35. The van der Waals surface area contributed by atoms with Crippen LogP contribution in [0.25, 0.3) is 10.2 Å². The van der Waals surface area contributed by atoms with E-state index in [0.29, 0.717) is 25.8 Å². The topological polar surface area (TPSA) is 76.3 Å². The maximum atomic E-state index is 12.6. The van der Waals surface area contributed by atoms with Crippen LogP contribution in [0.3, 0.4) is 0 Å². The van der Waals surface area contributed by atoms with Gasteiger partial charge in [0.15, 0.2) is 0 Å². The summed E-state index contributed by atoms with van der Waals surface area (Å²) in [6.45, 7) is 3.64. The highest BCUT2D eigenvalue weighted by Crippen LogP contribution is 2.25. The van der Waals surface area contributed by atoms with Gasteiger partial charge in [0.1, 0.15) is 11.4 Å². The summed E-state index contributed by atoms with van der Waals surface area (Å²) in [7, 11) is 0. The molecule has 6 nitrogen and oxygen atoms in total. The minimum Gasteiger partial charge on any atom is -0.289 e. The second-order valence-corrected chi connectivity index (χ2v) is 7.65. The third-order valence-electron chi connectivity index (χ3n) is 3.83. The SMILES string of the molecule is Cc1sc2ncn(CC(=O)NN=Cc3ccc(Cl)cc3Cl)c(=O)c2c1C. The largest absolute Gasteiger partial charge is 0.289 e. The lowest BCUT2D eigenvalue weighted by molar-refractivity contribution is -0.121. The number of amides is 1. The molecule has 26 heavy (non-hydrogen) atoms. The molecule has 0 atom stereocenters. The average molecular weight is 409 g/mol. The van der Waals surface area contributed by atoms with Gasteiger partial charge in [-0.05, 0) is 31.5 Å². The zero-order chi connectivity index (χ0) is 18.8. The highest BCUT2D eigenvalue weighted by atomic mass is 35.5. The molecule has 0 aliphatic heterocycles. The highest BCUT2D eigenvalue weighted by molar-refractivity contribution is 7.18. The van der Waals surface area contributed by atoms with E-state index < -0.39 is 5.91 Å². The average Bonchev–Trinajstić information content (AvgIpc) is 2.87. The first-order valence-electron chi connectivity index (χ1n) is 7.59. The van der Waals surface area contributed by atoms with E-state index in [9.17, 15) is 9.59 Å². The number of carbonyl (C=O) groups is 1. The van der Waals surface area contributed by atoms with Crippen molar-refractivity contribution in [1.29, 1.82) is 0 Å². The Morgan fingerprint density at radius 1 is 1.38 bits per heavy atom. The Hall–Kier alpha value is -2.22. The highest BCUT2D eigenvalue weighted by Gasteiger charge is 2.13. The van der Waals surface area contributed by atoms with Gasteiger partial charge in [0.25, 0.3) is 11.5 Å². The van der Waals surface area contributed by atoms with Crippen LogP contribution in [-0.2, 0) is 11.3 Å². The number of benzene rings is 1. The molecule has 0 unspecified atom stereocenters. The molecule has 1 aromatic carbocycles. The molecular formula is C17H14Cl2N4O2S. The Labute approximate surface area is 163 Å². The van der Waals surface area contributed by atoms with E-state index in [0.717, 1.165) is 10.4 Å². The Balaban J connectivity index is 1.73. The molecule has 0 aliphatic rings. The van der Waals surface area contributed by atoms with Crippen molar-refractivity contribution in [3.63, 3.8) is 0 Å². The molecule has 2 aromatic heterocycles. The number of hydrazone groups is 1. The number of thiophene rings is 1. The van der Waals surface area contributed by atoms with Crippen LogP contribution in [0.2, 0.25) is 10.0 Å². The number of hydrogen-bond donors (Lipinski definition) is 1. The molecule has 0 fully saturated rings. The molecule has 134 valence electrons. The maximum absolute atomic E-state index is 12.6. The first kappa shape index (κ1) is 18.6. The second kappa shape index (κ2) is 7.57. The van der Waals surface area contributed by atoms with Gasteiger partial charge in [-0.3, -0.25) is 14.2 Å². The Kier molecular flexibility index (Phi) is 5.41. The van der Waals surface area contributed by atoms with Crippen molar-refractivity contribution in [2.45, 2.75) is 20.4 Å².